The standard InChI is InChI=1S/C26H26BN5O3/c1-16-12-21-18(14-28)7-4-10-22(21)32(16)26-30-24-20(9-5-11-23(24)35-2)25(31-26)29-15-17-6-3-8-19(13-17)27(33)34/h3-13,33-34H,14-15,28H2,1-2H3,(H,29,30,31). The highest BCUT2D eigenvalue weighted by atomic mass is 16.5. The van der Waals surface area contributed by atoms with Gasteiger partial charge in [0.1, 0.15) is 17.1 Å². The van der Waals surface area contributed by atoms with Crippen LogP contribution in [0.15, 0.2) is 66.7 Å². The number of hydrogen-bond acceptors (Lipinski definition) is 7. The molecule has 176 valence electrons. The summed E-state index contributed by atoms with van der Waals surface area (Å²) in [6.45, 7) is 2.91. The normalized spacial score (nSPS) is 11.2. The lowest BCUT2D eigenvalue weighted by Gasteiger charge is -2.15. The van der Waals surface area contributed by atoms with E-state index >= 15 is 0 Å². The van der Waals surface area contributed by atoms with E-state index in [1.807, 2.05) is 54.0 Å². The number of benzene rings is 3. The van der Waals surface area contributed by atoms with Gasteiger partial charge in [-0.15, -0.1) is 0 Å². The topological polar surface area (TPSA) is 118 Å². The molecule has 0 amide bonds. The quantitative estimate of drug-likeness (QED) is 0.272. The van der Waals surface area contributed by atoms with Crippen LogP contribution in [-0.2, 0) is 13.1 Å². The van der Waals surface area contributed by atoms with Crippen molar-refractivity contribution in [2.24, 2.45) is 5.73 Å². The van der Waals surface area contributed by atoms with Gasteiger partial charge in [-0.3, -0.25) is 4.57 Å². The molecule has 8 nitrogen and oxygen atoms in total. The molecule has 0 bridgehead atoms. The molecule has 9 heteroatoms. The molecule has 5 N–H and O–H groups in total. The van der Waals surface area contributed by atoms with Gasteiger partial charge < -0.3 is 25.8 Å². The zero-order valence-electron chi connectivity index (χ0n) is 19.6. The summed E-state index contributed by atoms with van der Waals surface area (Å²) in [5.41, 5.74) is 11.0. The second-order valence-electron chi connectivity index (χ2n) is 8.38. The number of para-hydroxylation sites is 1. The molecule has 0 aliphatic rings. The molecule has 5 rings (SSSR count). The third kappa shape index (κ3) is 4.21. The Hall–Kier alpha value is -3.92. The Morgan fingerprint density at radius 3 is 2.57 bits per heavy atom. The lowest BCUT2D eigenvalue weighted by Crippen LogP contribution is -2.30. The number of fused-ring (bicyclic) bond motifs is 2. The number of nitrogens with zero attached hydrogens (tertiary/aromatic N) is 3. The van der Waals surface area contributed by atoms with Crippen LogP contribution in [0.2, 0.25) is 0 Å². The number of rotatable bonds is 7. The second-order valence-corrected chi connectivity index (χ2v) is 8.38. The van der Waals surface area contributed by atoms with Crippen molar-refractivity contribution >= 4 is 40.2 Å². The minimum Gasteiger partial charge on any atom is -0.494 e. The molecule has 0 saturated carbocycles. The van der Waals surface area contributed by atoms with E-state index in [2.05, 4.69) is 11.4 Å². The van der Waals surface area contributed by atoms with E-state index in [4.69, 9.17) is 20.4 Å². The van der Waals surface area contributed by atoms with Crippen molar-refractivity contribution in [3.8, 4) is 11.7 Å². The molecule has 0 atom stereocenters. The maximum atomic E-state index is 9.51. The van der Waals surface area contributed by atoms with Crippen LogP contribution in [0, 0.1) is 6.92 Å². The van der Waals surface area contributed by atoms with Crippen LogP contribution in [0.3, 0.4) is 0 Å². The number of ether oxygens (including phenoxy) is 1. The number of aromatic nitrogens is 3. The van der Waals surface area contributed by atoms with Crippen LogP contribution >= 0.6 is 0 Å². The van der Waals surface area contributed by atoms with Gasteiger partial charge in [-0.05, 0) is 47.8 Å². The molecule has 0 radical (unpaired) electrons. The Morgan fingerprint density at radius 1 is 1.00 bits per heavy atom. The Morgan fingerprint density at radius 2 is 1.80 bits per heavy atom. The van der Waals surface area contributed by atoms with E-state index in [9.17, 15) is 10.0 Å². The van der Waals surface area contributed by atoms with Crippen LogP contribution in [0.1, 0.15) is 16.8 Å². The predicted octanol–water partition coefficient (Wildman–Crippen LogP) is 2.64. The average Bonchev–Trinajstić information content (AvgIpc) is 3.22. The molecule has 0 spiro atoms. The number of nitrogens with two attached hydrogens (primary N) is 1. The van der Waals surface area contributed by atoms with Gasteiger partial charge in [-0.2, -0.15) is 4.98 Å². The highest BCUT2D eigenvalue weighted by Gasteiger charge is 2.17. The fourth-order valence-electron chi connectivity index (χ4n) is 4.43. The SMILES string of the molecule is COc1cccc2c(NCc3cccc(B(O)O)c3)nc(-n3c(C)cc4c(CN)cccc43)nc12. The van der Waals surface area contributed by atoms with E-state index in [1.165, 1.54) is 0 Å². The van der Waals surface area contributed by atoms with Crippen LogP contribution in [0.5, 0.6) is 5.75 Å². The molecule has 2 heterocycles. The lowest BCUT2D eigenvalue weighted by molar-refractivity contribution is 0.419. The van der Waals surface area contributed by atoms with Gasteiger partial charge in [0.25, 0.3) is 0 Å². The maximum Gasteiger partial charge on any atom is 0.488 e. The van der Waals surface area contributed by atoms with E-state index in [0.29, 0.717) is 41.6 Å². The third-order valence-corrected chi connectivity index (χ3v) is 6.15. The number of aryl methyl sites for hydroxylation is 1. The molecule has 35 heavy (non-hydrogen) atoms. The molecular formula is C26H26BN5O3. The summed E-state index contributed by atoms with van der Waals surface area (Å²) < 4.78 is 7.64. The van der Waals surface area contributed by atoms with Crippen molar-refractivity contribution in [1.29, 1.82) is 0 Å². The first-order valence-electron chi connectivity index (χ1n) is 11.3. The molecule has 0 aliphatic heterocycles. The van der Waals surface area contributed by atoms with Crippen LogP contribution in [-0.4, -0.2) is 38.8 Å². The van der Waals surface area contributed by atoms with Crippen molar-refractivity contribution in [3.05, 3.63) is 83.6 Å². The fraction of sp³-hybridized carbons (Fsp3) is 0.154. The fourth-order valence-corrected chi connectivity index (χ4v) is 4.43. The van der Waals surface area contributed by atoms with Crippen molar-refractivity contribution in [1.82, 2.24) is 14.5 Å². The Bertz CT molecular complexity index is 1530. The largest absolute Gasteiger partial charge is 0.494 e. The van der Waals surface area contributed by atoms with Crippen LogP contribution < -0.4 is 21.3 Å². The smallest absolute Gasteiger partial charge is 0.488 e. The summed E-state index contributed by atoms with van der Waals surface area (Å²) in [7, 11) is 0.105. The van der Waals surface area contributed by atoms with Gasteiger partial charge in [-0.25, -0.2) is 4.98 Å². The van der Waals surface area contributed by atoms with Crippen LogP contribution in [0.4, 0.5) is 5.82 Å². The van der Waals surface area contributed by atoms with Gasteiger partial charge in [0.2, 0.25) is 5.95 Å². The second kappa shape index (κ2) is 9.38. The third-order valence-electron chi connectivity index (χ3n) is 6.15. The monoisotopic (exact) mass is 467 g/mol. The minimum atomic E-state index is -1.52. The van der Waals surface area contributed by atoms with E-state index < -0.39 is 7.12 Å². The number of nitrogens with one attached hydrogen (secondary N) is 1. The highest BCUT2D eigenvalue weighted by Crippen LogP contribution is 2.32. The minimum absolute atomic E-state index is 0.435. The zero-order valence-corrected chi connectivity index (χ0v) is 19.6. The van der Waals surface area contributed by atoms with Gasteiger partial charge in [-0.1, -0.05) is 42.5 Å². The van der Waals surface area contributed by atoms with Crippen molar-refractivity contribution < 1.29 is 14.8 Å². The average molecular weight is 467 g/mol. The van der Waals surface area contributed by atoms with Crippen molar-refractivity contribution in [3.63, 3.8) is 0 Å². The Kier molecular flexibility index (Phi) is 6.13. The molecule has 0 aliphatic carbocycles. The van der Waals surface area contributed by atoms with E-state index in [-0.39, 0.29) is 0 Å². The summed E-state index contributed by atoms with van der Waals surface area (Å²) in [5, 5.41) is 24.3. The zero-order chi connectivity index (χ0) is 24.5. The molecule has 2 aromatic heterocycles. The van der Waals surface area contributed by atoms with Crippen molar-refractivity contribution in [2.45, 2.75) is 20.0 Å². The molecule has 0 unspecified atom stereocenters. The van der Waals surface area contributed by atoms with Crippen molar-refractivity contribution in [2.75, 3.05) is 12.4 Å². The highest BCUT2D eigenvalue weighted by molar-refractivity contribution is 6.58. The van der Waals surface area contributed by atoms with E-state index in [0.717, 1.165) is 33.1 Å². The summed E-state index contributed by atoms with van der Waals surface area (Å²) in [6, 6.07) is 21.0. The first-order chi connectivity index (χ1) is 17.0. The lowest BCUT2D eigenvalue weighted by atomic mass is 9.80. The van der Waals surface area contributed by atoms with Gasteiger partial charge in [0.05, 0.1) is 12.6 Å². The summed E-state index contributed by atoms with van der Waals surface area (Å²) >= 11 is 0. The first-order valence-corrected chi connectivity index (χ1v) is 11.3. The summed E-state index contributed by atoms with van der Waals surface area (Å²) in [4.78, 5) is 9.81. The molecule has 0 saturated heterocycles. The van der Waals surface area contributed by atoms with Crippen LogP contribution in [0.25, 0.3) is 27.8 Å². The molecule has 3 aromatic carbocycles. The molecule has 5 aromatic rings. The first kappa shape index (κ1) is 22.9. The molecule has 0 fully saturated rings. The predicted molar refractivity (Wildman–Crippen MR) is 139 cm³/mol. The van der Waals surface area contributed by atoms with Gasteiger partial charge in [0.15, 0.2) is 0 Å². The number of methoxy groups -OCH3 is 1. The van der Waals surface area contributed by atoms with E-state index in [1.54, 1.807) is 25.3 Å². The number of anilines is 1. The van der Waals surface area contributed by atoms with Gasteiger partial charge in [0, 0.05) is 29.6 Å². The Labute approximate surface area is 203 Å². The summed E-state index contributed by atoms with van der Waals surface area (Å²) in [6.07, 6.45) is 0. The van der Waals surface area contributed by atoms with Gasteiger partial charge >= 0.3 is 7.12 Å². The molecular weight excluding hydrogens is 441 g/mol. The number of hydrogen-bond donors (Lipinski definition) is 4. The summed E-state index contributed by atoms with van der Waals surface area (Å²) in [5.74, 6) is 1.82. The maximum absolute atomic E-state index is 9.51. The Balaban J connectivity index is 1.65.